The zero-order valence-corrected chi connectivity index (χ0v) is 8.89. The molecule has 2 rings (SSSR count). The van der Waals surface area contributed by atoms with Crippen molar-refractivity contribution in [3.05, 3.63) is 0 Å². The van der Waals surface area contributed by atoms with Crippen LogP contribution in [0.3, 0.4) is 0 Å². The van der Waals surface area contributed by atoms with Crippen molar-refractivity contribution in [1.82, 2.24) is 10.2 Å². The fourth-order valence-corrected chi connectivity index (χ4v) is 2.94. The molecule has 1 aliphatic carbocycles. The number of hydrogen-bond donors (Lipinski definition) is 1. The second kappa shape index (κ2) is 4.33. The van der Waals surface area contributed by atoms with Gasteiger partial charge < -0.3 is 5.32 Å². The maximum atomic E-state index is 5.44. The van der Waals surface area contributed by atoms with Crippen molar-refractivity contribution in [3.8, 4) is 12.3 Å². The highest BCUT2D eigenvalue weighted by atomic mass is 15.3. The Morgan fingerprint density at radius 1 is 1.29 bits per heavy atom. The van der Waals surface area contributed by atoms with Crippen LogP contribution in [0.4, 0.5) is 0 Å². The first-order chi connectivity index (χ1) is 6.87. The lowest BCUT2D eigenvalue weighted by molar-refractivity contribution is 0.0396. The minimum atomic E-state index is 0.406. The molecule has 2 nitrogen and oxygen atoms in total. The van der Waals surface area contributed by atoms with Gasteiger partial charge in [-0.3, -0.25) is 4.90 Å². The van der Waals surface area contributed by atoms with Crippen molar-refractivity contribution in [2.24, 2.45) is 0 Å². The average molecular weight is 192 g/mol. The summed E-state index contributed by atoms with van der Waals surface area (Å²) >= 11 is 0. The second-order valence-corrected chi connectivity index (χ2v) is 4.59. The number of nitrogens with one attached hydrogen (secondary N) is 1. The molecule has 0 radical (unpaired) electrons. The van der Waals surface area contributed by atoms with Gasteiger partial charge >= 0.3 is 0 Å². The summed E-state index contributed by atoms with van der Waals surface area (Å²) in [6.07, 6.45) is 12.3. The third-order valence-electron chi connectivity index (χ3n) is 3.75. The third-order valence-corrected chi connectivity index (χ3v) is 3.75. The summed E-state index contributed by atoms with van der Waals surface area (Å²) in [5, 5.41) is 3.52. The number of nitrogens with zero attached hydrogens (tertiary/aromatic N) is 1. The standard InChI is InChI=1S/C12H20N2/c1-2-9-14-10-8-13-11-12(14)6-4-3-5-7-12/h1,13H,3-11H2. The smallest absolute Gasteiger partial charge is 0.0604 e. The molecule has 0 aromatic rings. The summed E-state index contributed by atoms with van der Waals surface area (Å²) in [5.41, 5.74) is 0.406. The van der Waals surface area contributed by atoms with Gasteiger partial charge in [-0.15, -0.1) is 6.42 Å². The maximum Gasteiger partial charge on any atom is 0.0604 e. The van der Waals surface area contributed by atoms with E-state index in [4.69, 9.17) is 6.42 Å². The van der Waals surface area contributed by atoms with Crippen molar-refractivity contribution in [1.29, 1.82) is 0 Å². The maximum absolute atomic E-state index is 5.44. The SMILES string of the molecule is C#CCN1CCNCC12CCCCC2. The van der Waals surface area contributed by atoms with E-state index < -0.39 is 0 Å². The van der Waals surface area contributed by atoms with E-state index in [0.29, 0.717) is 5.54 Å². The molecule has 14 heavy (non-hydrogen) atoms. The number of rotatable bonds is 1. The van der Waals surface area contributed by atoms with Crippen LogP contribution in [-0.4, -0.2) is 36.6 Å². The van der Waals surface area contributed by atoms with Gasteiger partial charge in [0.05, 0.1) is 6.54 Å². The molecule has 0 atom stereocenters. The molecule has 1 aliphatic heterocycles. The molecule has 2 fully saturated rings. The Morgan fingerprint density at radius 2 is 2.07 bits per heavy atom. The van der Waals surface area contributed by atoms with E-state index in [0.717, 1.165) is 26.2 Å². The van der Waals surface area contributed by atoms with Crippen LogP contribution >= 0.6 is 0 Å². The Morgan fingerprint density at radius 3 is 2.79 bits per heavy atom. The Hall–Kier alpha value is -0.520. The molecular formula is C12H20N2. The van der Waals surface area contributed by atoms with E-state index in [1.165, 1.54) is 32.1 Å². The largest absolute Gasteiger partial charge is 0.314 e. The van der Waals surface area contributed by atoms with E-state index in [1.807, 2.05) is 0 Å². The molecule has 2 heteroatoms. The molecule has 2 aliphatic rings. The van der Waals surface area contributed by atoms with Crippen molar-refractivity contribution < 1.29 is 0 Å². The van der Waals surface area contributed by atoms with E-state index in [-0.39, 0.29) is 0 Å². The van der Waals surface area contributed by atoms with E-state index in [9.17, 15) is 0 Å². The highest BCUT2D eigenvalue weighted by molar-refractivity contribution is 5.02. The minimum absolute atomic E-state index is 0.406. The highest BCUT2D eigenvalue weighted by Gasteiger charge is 2.38. The van der Waals surface area contributed by atoms with Crippen LogP contribution in [0, 0.1) is 12.3 Å². The normalized spacial score (nSPS) is 27.4. The van der Waals surface area contributed by atoms with Crippen LogP contribution in [0.5, 0.6) is 0 Å². The van der Waals surface area contributed by atoms with E-state index in [2.05, 4.69) is 16.1 Å². The Bertz CT molecular complexity index is 215. The van der Waals surface area contributed by atoms with E-state index >= 15 is 0 Å². The fraction of sp³-hybridized carbons (Fsp3) is 0.833. The van der Waals surface area contributed by atoms with Crippen molar-refractivity contribution >= 4 is 0 Å². The molecule has 78 valence electrons. The summed E-state index contributed by atoms with van der Waals surface area (Å²) in [5.74, 6) is 2.81. The van der Waals surface area contributed by atoms with Crippen molar-refractivity contribution in [3.63, 3.8) is 0 Å². The van der Waals surface area contributed by atoms with Gasteiger partial charge in [-0.1, -0.05) is 25.2 Å². The van der Waals surface area contributed by atoms with Crippen LogP contribution in [0.1, 0.15) is 32.1 Å². The first-order valence-corrected chi connectivity index (χ1v) is 5.77. The summed E-state index contributed by atoms with van der Waals surface area (Å²) in [6.45, 7) is 4.21. The minimum Gasteiger partial charge on any atom is -0.314 e. The molecule has 1 saturated carbocycles. The summed E-state index contributed by atoms with van der Waals surface area (Å²) in [7, 11) is 0. The molecule has 0 amide bonds. The van der Waals surface area contributed by atoms with Crippen molar-refractivity contribution in [2.75, 3.05) is 26.2 Å². The number of piperazine rings is 1. The summed E-state index contributed by atoms with van der Waals surface area (Å²) in [4.78, 5) is 2.53. The lowest BCUT2D eigenvalue weighted by Crippen LogP contribution is -2.61. The van der Waals surface area contributed by atoms with Gasteiger partial charge in [0.2, 0.25) is 0 Å². The second-order valence-electron chi connectivity index (χ2n) is 4.59. The van der Waals surface area contributed by atoms with Crippen LogP contribution in [0.15, 0.2) is 0 Å². The topological polar surface area (TPSA) is 15.3 Å². The predicted octanol–water partition coefficient (Wildman–Crippen LogP) is 1.23. The van der Waals surface area contributed by atoms with Crippen LogP contribution in [-0.2, 0) is 0 Å². The highest BCUT2D eigenvalue weighted by Crippen LogP contribution is 2.34. The van der Waals surface area contributed by atoms with Gasteiger partial charge in [-0.25, -0.2) is 0 Å². The van der Waals surface area contributed by atoms with Crippen LogP contribution in [0.25, 0.3) is 0 Å². The van der Waals surface area contributed by atoms with Gasteiger partial charge in [-0.2, -0.15) is 0 Å². The molecule has 1 spiro atoms. The Kier molecular flexibility index (Phi) is 3.10. The van der Waals surface area contributed by atoms with Gasteiger partial charge in [0, 0.05) is 25.2 Å². The molecule has 0 aromatic heterocycles. The molecule has 0 aromatic carbocycles. The first kappa shape index (κ1) is 10.0. The van der Waals surface area contributed by atoms with Gasteiger partial charge in [0.1, 0.15) is 0 Å². The average Bonchev–Trinajstić information content (AvgIpc) is 2.23. The summed E-state index contributed by atoms with van der Waals surface area (Å²) < 4.78 is 0. The molecule has 1 N–H and O–H groups in total. The van der Waals surface area contributed by atoms with Gasteiger partial charge in [0.25, 0.3) is 0 Å². The zero-order chi connectivity index (χ0) is 9.86. The monoisotopic (exact) mass is 192 g/mol. The summed E-state index contributed by atoms with van der Waals surface area (Å²) in [6, 6.07) is 0. The van der Waals surface area contributed by atoms with Crippen LogP contribution < -0.4 is 5.32 Å². The molecular weight excluding hydrogens is 172 g/mol. The lowest BCUT2D eigenvalue weighted by Gasteiger charge is -2.49. The van der Waals surface area contributed by atoms with Gasteiger partial charge in [0.15, 0.2) is 0 Å². The predicted molar refractivity (Wildman–Crippen MR) is 59.1 cm³/mol. The third kappa shape index (κ3) is 1.80. The van der Waals surface area contributed by atoms with Crippen LogP contribution in [0.2, 0.25) is 0 Å². The molecule has 1 saturated heterocycles. The lowest BCUT2D eigenvalue weighted by atomic mass is 9.79. The Labute approximate surface area is 87.1 Å². The molecule has 1 heterocycles. The molecule has 0 unspecified atom stereocenters. The zero-order valence-electron chi connectivity index (χ0n) is 8.89. The quantitative estimate of drug-likeness (QED) is 0.629. The number of terminal acetylenes is 1. The number of hydrogen-bond acceptors (Lipinski definition) is 2. The van der Waals surface area contributed by atoms with E-state index in [1.54, 1.807) is 0 Å². The molecule has 0 bridgehead atoms. The Balaban J connectivity index is 2.07. The first-order valence-electron chi connectivity index (χ1n) is 5.77. The van der Waals surface area contributed by atoms with Crippen molar-refractivity contribution in [2.45, 2.75) is 37.6 Å². The van der Waals surface area contributed by atoms with Gasteiger partial charge in [-0.05, 0) is 12.8 Å². The fourth-order valence-electron chi connectivity index (χ4n) is 2.94.